The Balaban J connectivity index is 1.45. The molecule has 10 heteroatoms. The average molecular weight is 581 g/mol. The zero-order valence-electron chi connectivity index (χ0n) is 21.2. The van der Waals surface area contributed by atoms with Crippen LogP contribution in [-0.4, -0.2) is 28.4 Å². The fraction of sp³-hybridized carbons (Fsp3) is 0.167. The van der Waals surface area contributed by atoms with Crippen LogP contribution in [0.3, 0.4) is 0 Å². The van der Waals surface area contributed by atoms with Crippen molar-refractivity contribution >= 4 is 51.4 Å². The topological polar surface area (TPSA) is 112 Å². The molecule has 1 fully saturated rings. The van der Waals surface area contributed by atoms with E-state index in [1.54, 1.807) is 49.4 Å². The van der Waals surface area contributed by atoms with Crippen molar-refractivity contribution in [1.82, 2.24) is 4.98 Å². The smallest absolute Gasteiger partial charge is 0.337 e. The molecule has 204 valence electrons. The molecule has 3 N–H and O–H groups in total. The Kier molecular flexibility index (Phi) is 7.65. The minimum Gasteiger partial charge on any atom is -0.486 e. The number of aromatic nitrogens is 1. The molecule has 5 rings (SSSR count). The van der Waals surface area contributed by atoms with E-state index in [1.165, 1.54) is 18.2 Å². The van der Waals surface area contributed by atoms with Gasteiger partial charge in [-0.15, -0.1) is 0 Å². The van der Waals surface area contributed by atoms with Crippen LogP contribution >= 0.6 is 23.2 Å². The number of carbonyl (C=O) groups excluding carboxylic acids is 1. The number of carbonyl (C=O) groups is 2. The summed E-state index contributed by atoms with van der Waals surface area (Å²) in [5, 5.41) is 10.5. The number of nitrogens with zero attached hydrogens (tertiary/aromatic N) is 1. The fourth-order valence-electron chi connectivity index (χ4n) is 4.34. The Morgan fingerprint density at radius 1 is 1.00 bits per heavy atom. The van der Waals surface area contributed by atoms with E-state index in [0.717, 1.165) is 12.8 Å². The van der Waals surface area contributed by atoms with Crippen LogP contribution < -0.4 is 15.2 Å². The van der Waals surface area contributed by atoms with E-state index in [1.807, 2.05) is 0 Å². The van der Waals surface area contributed by atoms with E-state index in [9.17, 15) is 14.7 Å². The van der Waals surface area contributed by atoms with Crippen LogP contribution in [0.25, 0.3) is 16.5 Å². The van der Waals surface area contributed by atoms with Crippen molar-refractivity contribution in [3.63, 3.8) is 0 Å². The molecule has 1 aliphatic carbocycles. The van der Waals surface area contributed by atoms with Crippen molar-refractivity contribution in [2.24, 2.45) is 11.7 Å². The van der Waals surface area contributed by atoms with Crippen LogP contribution in [0.4, 0.5) is 4.39 Å². The van der Waals surface area contributed by atoms with Crippen molar-refractivity contribution in [2.75, 3.05) is 6.61 Å². The van der Waals surface area contributed by atoms with Gasteiger partial charge in [0.05, 0.1) is 32.6 Å². The van der Waals surface area contributed by atoms with Crippen LogP contribution in [0, 0.1) is 18.7 Å². The molecule has 3 aromatic carbocycles. The second-order valence-electron chi connectivity index (χ2n) is 9.33. The maximum absolute atomic E-state index is 15.6. The highest BCUT2D eigenvalue weighted by Gasteiger charge is 2.34. The number of nitrogens with two attached hydrogens (primary N) is 1. The van der Waals surface area contributed by atoms with Gasteiger partial charge in [0, 0.05) is 28.3 Å². The van der Waals surface area contributed by atoms with Crippen LogP contribution in [0.5, 0.6) is 17.4 Å². The van der Waals surface area contributed by atoms with Crippen molar-refractivity contribution in [3.8, 4) is 17.4 Å². The monoisotopic (exact) mass is 580 g/mol. The van der Waals surface area contributed by atoms with Gasteiger partial charge in [0.15, 0.2) is 17.3 Å². The largest absolute Gasteiger partial charge is 0.486 e. The van der Waals surface area contributed by atoms with Gasteiger partial charge in [0.1, 0.15) is 12.4 Å². The molecule has 0 saturated heterocycles. The maximum Gasteiger partial charge on any atom is 0.337 e. The molecule has 4 aromatic rings. The summed E-state index contributed by atoms with van der Waals surface area (Å²) in [6.45, 7) is 1.28. The third-order valence-corrected chi connectivity index (χ3v) is 7.23. The van der Waals surface area contributed by atoms with Gasteiger partial charge in [0.25, 0.3) is 0 Å². The zero-order valence-corrected chi connectivity index (χ0v) is 22.7. The number of carboxylic acid groups (broad SMARTS) is 1. The van der Waals surface area contributed by atoms with E-state index < -0.39 is 11.8 Å². The van der Waals surface area contributed by atoms with Crippen molar-refractivity contribution in [1.29, 1.82) is 0 Å². The highest BCUT2D eigenvalue weighted by molar-refractivity contribution is 6.37. The van der Waals surface area contributed by atoms with Gasteiger partial charge in [-0.2, -0.15) is 0 Å². The van der Waals surface area contributed by atoms with Crippen LogP contribution in [0.2, 0.25) is 10.0 Å². The molecule has 40 heavy (non-hydrogen) atoms. The van der Waals surface area contributed by atoms with E-state index in [2.05, 4.69) is 4.98 Å². The van der Waals surface area contributed by atoms with Gasteiger partial charge >= 0.3 is 5.97 Å². The molecule has 0 bridgehead atoms. The first-order valence-corrected chi connectivity index (χ1v) is 13.1. The highest BCUT2D eigenvalue weighted by Crippen LogP contribution is 2.38. The molecule has 0 amide bonds. The molecule has 7 nitrogen and oxygen atoms in total. The summed E-state index contributed by atoms with van der Waals surface area (Å²) in [5.74, 6) is -1.68. The minimum atomic E-state index is -1.09. The molecule has 1 heterocycles. The zero-order chi connectivity index (χ0) is 28.6. The van der Waals surface area contributed by atoms with Gasteiger partial charge in [-0.25, -0.2) is 14.2 Å². The number of carboxylic acids is 1. The van der Waals surface area contributed by atoms with Crippen LogP contribution in [-0.2, 0) is 4.79 Å². The Labute approximate surface area is 238 Å². The van der Waals surface area contributed by atoms with Gasteiger partial charge in [-0.3, -0.25) is 4.79 Å². The molecular weight excluding hydrogens is 558 g/mol. The summed E-state index contributed by atoms with van der Waals surface area (Å²) < 4.78 is 27.3. The number of ether oxygens (including phenoxy) is 2. The molecule has 0 spiro atoms. The van der Waals surface area contributed by atoms with Gasteiger partial charge in [-0.1, -0.05) is 41.4 Å². The van der Waals surface area contributed by atoms with Gasteiger partial charge < -0.3 is 20.3 Å². The number of rotatable bonds is 9. The number of aryl methyl sites for hydroxylation is 1. The van der Waals surface area contributed by atoms with Crippen molar-refractivity contribution in [3.05, 3.63) is 98.9 Å². The number of aromatic carboxylic acids is 1. The summed E-state index contributed by atoms with van der Waals surface area (Å²) in [7, 11) is 0. The van der Waals surface area contributed by atoms with E-state index >= 15 is 4.39 Å². The minimum absolute atomic E-state index is 0.0594. The SMILES string of the molecule is Cc1nc(Oc2cccc3c(F)c(OC/C(C(=O)C4CC4)=C(/N)c4c(Cl)cccc4Cl)ccc23)ccc1C(=O)O. The fourth-order valence-corrected chi connectivity index (χ4v) is 4.94. The lowest BCUT2D eigenvalue weighted by Crippen LogP contribution is -2.19. The average Bonchev–Trinajstić information content (AvgIpc) is 3.76. The molecule has 1 aromatic heterocycles. The standard InChI is InChI=1S/C30H23Cl2FN2O5/c1-15-17(30(37)38)11-13-25(35-15)40-23-7-2-4-19-18(23)10-12-24(27(19)33)39-14-20(29(36)16-8-9-16)28(34)26-21(31)5-3-6-22(26)32/h2-7,10-13,16H,8-9,14,34H2,1H3,(H,37,38)/b28-20-. The van der Waals surface area contributed by atoms with Crippen molar-refractivity contribution < 1.29 is 28.6 Å². The second kappa shape index (κ2) is 11.2. The Bertz CT molecular complexity index is 1680. The van der Waals surface area contributed by atoms with Gasteiger partial charge in [0.2, 0.25) is 5.88 Å². The number of pyridine rings is 1. The number of hydrogen-bond acceptors (Lipinski definition) is 6. The Morgan fingerprint density at radius 3 is 2.35 bits per heavy atom. The summed E-state index contributed by atoms with van der Waals surface area (Å²) in [5.41, 5.74) is 7.35. The number of halogens is 3. The molecule has 0 atom stereocenters. The molecule has 1 saturated carbocycles. The maximum atomic E-state index is 15.6. The third kappa shape index (κ3) is 5.46. The van der Waals surface area contributed by atoms with Crippen molar-refractivity contribution in [2.45, 2.75) is 19.8 Å². The van der Waals surface area contributed by atoms with Crippen LogP contribution in [0.1, 0.15) is 34.5 Å². The molecule has 1 aliphatic rings. The lowest BCUT2D eigenvalue weighted by Gasteiger charge is -2.16. The second-order valence-corrected chi connectivity index (χ2v) is 10.1. The first-order chi connectivity index (χ1) is 19.2. The Morgan fingerprint density at radius 2 is 1.70 bits per heavy atom. The first kappa shape index (κ1) is 27.4. The number of Topliss-reactive ketones (excluding diaryl/α,β-unsaturated/α-hetero) is 1. The number of fused-ring (bicyclic) bond motifs is 1. The predicted octanol–water partition coefficient (Wildman–Crippen LogP) is 7.21. The molecule has 0 radical (unpaired) electrons. The quantitative estimate of drug-likeness (QED) is 0.201. The number of ketones is 1. The lowest BCUT2D eigenvalue weighted by atomic mass is 10.0. The van der Waals surface area contributed by atoms with Gasteiger partial charge in [-0.05, 0) is 56.2 Å². The summed E-state index contributed by atoms with van der Waals surface area (Å²) in [4.78, 5) is 28.6. The summed E-state index contributed by atoms with van der Waals surface area (Å²) in [6.07, 6.45) is 1.48. The first-order valence-electron chi connectivity index (χ1n) is 12.4. The van der Waals surface area contributed by atoms with E-state index in [4.69, 9.17) is 38.4 Å². The normalized spacial score (nSPS) is 13.6. The van der Waals surface area contributed by atoms with E-state index in [0.29, 0.717) is 16.7 Å². The Hall–Kier alpha value is -4.14. The van der Waals surface area contributed by atoms with Crippen LogP contribution in [0.15, 0.2) is 66.2 Å². The molecule has 0 unspecified atom stereocenters. The predicted molar refractivity (Wildman–Crippen MR) is 151 cm³/mol. The molecule has 0 aliphatic heterocycles. The number of hydrogen-bond donors (Lipinski definition) is 2. The van der Waals surface area contributed by atoms with E-state index in [-0.39, 0.29) is 67.9 Å². The summed E-state index contributed by atoms with van der Waals surface area (Å²) >= 11 is 12.7. The summed E-state index contributed by atoms with van der Waals surface area (Å²) in [6, 6.07) is 15.6. The number of benzene rings is 3. The lowest BCUT2D eigenvalue weighted by molar-refractivity contribution is -0.117. The molecular formula is C30H23Cl2FN2O5. The third-order valence-electron chi connectivity index (χ3n) is 6.60. The highest BCUT2D eigenvalue weighted by atomic mass is 35.5.